The number of nitrogens with zero attached hydrogens (tertiary/aromatic N) is 4. The molecule has 0 spiro atoms. The van der Waals surface area contributed by atoms with Crippen molar-refractivity contribution in [3.63, 3.8) is 0 Å². The van der Waals surface area contributed by atoms with Gasteiger partial charge in [-0.2, -0.15) is 9.97 Å². The monoisotopic (exact) mass is 422 g/mol. The molecule has 0 N–H and O–H groups in total. The summed E-state index contributed by atoms with van der Waals surface area (Å²) in [6.45, 7) is 11.7. The van der Waals surface area contributed by atoms with E-state index in [1.807, 2.05) is 47.6 Å². The molecule has 0 bridgehead atoms. The predicted octanol–water partition coefficient (Wildman–Crippen LogP) is 4.84. The lowest BCUT2D eigenvalue weighted by Gasteiger charge is -2.20. The molecule has 0 unspecified atom stereocenters. The van der Waals surface area contributed by atoms with E-state index in [1.165, 1.54) is 0 Å². The smallest absolute Gasteiger partial charge is 0.317 e. The lowest BCUT2D eigenvalue weighted by atomic mass is 9.88. The van der Waals surface area contributed by atoms with Gasteiger partial charge in [0.05, 0.1) is 5.69 Å². The fraction of sp³-hybridized carbons (Fsp3) is 0.458. The van der Waals surface area contributed by atoms with Crippen LogP contribution in [0.4, 0.5) is 0 Å². The van der Waals surface area contributed by atoms with Crippen molar-refractivity contribution in [3.8, 4) is 11.9 Å². The third-order valence-electron chi connectivity index (χ3n) is 4.21. The standard InChI is InChI=1S/C24H30N4O3/c1-23(2,3)30-20-11-13-25-19(28-20)15-17-9-7-8-16(21(17)29)14-18-10-12-26-22(27-18)31-24(4,5)6/h10-15H,7-9H2,1-6H3/b16-14-,17-15-. The predicted molar refractivity (Wildman–Crippen MR) is 120 cm³/mol. The number of ether oxygens (including phenoxy) is 2. The second kappa shape index (κ2) is 8.96. The first kappa shape index (κ1) is 22.6. The van der Waals surface area contributed by atoms with Gasteiger partial charge < -0.3 is 9.47 Å². The fourth-order valence-corrected chi connectivity index (χ4v) is 3.07. The highest BCUT2D eigenvalue weighted by atomic mass is 16.5. The van der Waals surface area contributed by atoms with Crippen molar-refractivity contribution in [3.05, 3.63) is 47.2 Å². The topological polar surface area (TPSA) is 87.1 Å². The number of rotatable bonds is 4. The number of carbonyl (C=O) groups is 1. The van der Waals surface area contributed by atoms with Crippen LogP contribution in [0.2, 0.25) is 0 Å². The first-order chi connectivity index (χ1) is 14.5. The molecule has 2 aromatic heterocycles. The molecule has 2 aromatic rings. The lowest BCUT2D eigenvalue weighted by Crippen LogP contribution is -2.24. The van der Waals surface area contributed by atoms with E-state index in [0.717, 1.165) is 6.42 Å². The average molecular weight is 423 g/mol. The van der Waals surface area contributed by atoms with Crippen LogP contribution in [0, 0.1) is 0 Å². The maximum Gasteiger partial charge on any atom is 0.317 e. The van der Waals surface area contributed by atoms with Crippen molar-refractivity contribution >= 4 is 17.9 Å². The van der Waals surface area contributed by atoms with E-state index in [9.17, 15) is 4.79 Å². The Kier molecular flexibility index (Phi) is 6.53. The van der Waals surface area contributed by atoms with Crippen LogP contribution in [0.5, 0.6) is 11.9 Å². The van der Waals surface area contributed by atoms with Crippen LogP contribution in [0.3, 0.4) is 0 Å². The Labute approximate surface area is 183 Å². The van der Waals surface area contributed by atoms with Gasteiger partial charge in [-0.1, -0.05) is 0 Å². The summed E-state index contributed by atoms with van der Waals surface area (Å²) in [6, 6.07) is 3.78. The minimum atomic E-state index is -0.395. The van der Waals surface area contributed by atoms with Crippen molar-refractivity contribution in [2.75, 3.05) is 0 Å². The number of aromatic nitrogens is 4. The summed E-state index contributed by atoms with van der Waals surface area (Å²) in [6.07, 6.45) is 9.10. The van der Waals surface area contributed by atoms with E-state index < -0.39 is 5.60 Å². The Morgan fingerprint density at radius 1 is 0.839 bits per heavy atom. The molecule has 0 atom stereocenters. The molecule has 3 rings (SSSR count). The molecule has 31 heavy (non-hydrogen) atoms. The van der Waals surface area contributed by atoms with Crippen molar-refractivity contribution in [1.82, 2.24) is 19.9 Å². The highest BCUT2D eigenvalue weighted by Gasteiger charge is 2.22. The molecule has 164 valence electrons. The maximum absolute atomic E-state index is 13.1. The fourth-order valence-electron chi connectivity index (χ4n) is 3.07. The molecule has 0 radical (unpaired) electrons. The zero-order chi connectivity index (χ0) is 22.6. The number of allylic oxidation sites excluding steroid dienone is 2. The SMILES string of the molecule is CC(C)(C)Oc1ccnc(/C=C2/CCC/C(=C/c3ccnc(OC(C)(C)C)n3)C2=O)n1. The van der Waals surface area contributed by atoms with Gasteiger partial charge in [-0.25, -0.2) is 9.97 Å². The second-order valence-electron chi connectivity index (χ2n) is 9.47. The third-order valence-corrected chi connectivity index (χ3v) is 4.21. The number of ketones is 1. The number of hydrogen-bond donors (Lipinski definition) is 0. The van der Waals surface area contributed by atoms with Crippen LogP contribution in [-0.2, 0) is 4.79 Å². The van der Waals surface area contributed by atoms with Crippen molar-refractivity contribution in [2.24, 2.45) is 0 Å². The molecule has 7 heteroatoms. The van der Waals surface area contributed by atoms with Crippen LogP contribution in [0.15, 0.2) is 35.7 Å². The molecule has 1 aliphatic rings. The summed E-state index contributed by atoms with van der Waals surface area (Å²) >= 11 is 0. The quantitative estimate of drug-likeness (QED) is 0.651. The van der Waals surface area contributed by atoms with Gasteiger partial charge in [0.25, 0.3) is 0 Å². The van der Waals surface area contributed by atoms with Gasteiger partial charge in [0.15, 0.2) is 11.6 Å². The van der Waals surface area contributed by atoms with Gasteiger partial charge in [-0.3, -0.25) is 4.79 Å². The van der Waals surface area contributed by atoms with Crippen LogP contribution in [0.1, 0.15) is 72.3 Å². The first-order valence-electron chi connectivity index (χ1n) is 10.5. The van der Waals surface area contributed by atoms with Gasteiger partial charge in [0.2, 0.25) is 5.88 Å². The highest BCUT2D eigenvalue weighted by molar-refractivity contribution is 6.13. The highest BCUT2D eigenvalue weighted by Crippen LogP contribution is 2.28. The Morgan fingerprint density at radius 3 is 2.16 bits per heavy atom. The van der Waals surface area contributed by atoms with Gasteiger partial charge in [-0.15, -0.1) is 0 Å². The molecule has 1 saturated carbocycles. The van der Waals surface area contributed by atoms with Crippen LogP contribution in [-0.4, -0.2) is 36.9 Å². The molecule has 1 fully saturated rings. The van der Waals surface area contributed by atoms with E-state index in [1.54, 1.807) is 30.6 Å². The van der Waals surface area contributed by atoms with E-state index in [2.05, 4.69) is 19.9 Å². The largest absolute Gasteiger partial charge is 0.472 e. The van der Waals surface area contributed by atoms with Gasteiger partial charge in [0.1, 0.15) is 11.2 Å². The molecule has 0 aromatic carbocycles. The summed E-state index contributed by atoms with van der Waals surface area (Å²) in [5, 5.41) is 0. The summed E-state index contributed by atoms with van der Waals surface area (Å²) in [5.74, 6) is 0.948. The summed E-state index contributed by atoms with van der Waals surface area (Å²) in [7, 11) is 0. The zero-order valence-electron chi connectivity index (χ0n) is 19.1. The normalized spacial score (nSPS) is 17.8. The second-order valence-corrected chi connectivity index (χ2v) is 9.47. The Bertz CT molecular complexity index is 934. The molecular weight excluding hydrogens is 392 g/mol. The lowest BCUT2D eigenvalue weighted by molar-refractivity contribution is -0.112. The minimum Gasteiger partial charge on any atom is -0.472 e. The first-order valence-corrected chi connectivity index (χ1v) is 10.5. The van der Waals surface area contributed by atoms with Crippen LogP contribution < -0.4 is 9.47 Å². The van der Waals surface area contributed by atoms with Gasteiger partial charge in [-0.05, 0) is 79.0 Å². The molecular formula is C24H30N4O3. The Hall–Kier alpha value is -3.09. The van der Waals surface area contributed by atoms with Crippen molar-refractivity contribution < 1.29 is 14.3 Å². The summed E-state index contributed by atoms with van der Waals surface area (Å²) in [5.41, 5.74) is 1.29. The zero-order valence-corrected chi connectivity index (χ0v) is 19.1. The third kappa shape index (κ3) is 6.98. The molecule has 0 saturated heterocycles. The number of carbonyl (C=O) groups excluding carboxylic acids is 1. The molecule has 1 aliphatic carbocycles. The minimum absolute atomic E-state index is 0.00565. The van der Waals surface area contributed by atoms with Crippen LogP contribution in [0.25, 0.3) is 12.2 Å². The Morgan fingerprint density at radius 2 is 1.48 bits per heavy atom. The van der Waals surface area contributed by atoms with Crippen molar-refractivity contribution in [2.45, 2.75) is 72.0 Å². The maximum atomic E-state index is 13.1. The summed E-state index contributed by atoms with van der Waals surface area (Å²) < 4.78 is 11.5. The molecule has 2 heterocycles. The summed E-state index contributed by atoms with van der Waals surface area (Å²) in [4.78, 5) is 30.3. The van der Waals surface area contributed by atoms with E-state index in [0.29, 0.717) is 47.4 Å². The Balaban J connectivity index is 1.82. The van der Waals surface area contributed by atoms with E-state index in [-0.39, 0.29) is 11.4 Å². The molecule has 7 nitrogen and oxygen atoms in total. The number of Topliss-reactive ketones (excluding diaryl/α,β-unsaturated/α-hetero) is 1. The van der Waals surface area contributed by atoms with Crippen molar-refractivity contribution in [1.29, 1.82) is 0 Å². The number of hydrogen-bond acceptors (Lipinski definition) is 7. The van der Waals surface area contributed by atoms with Gasteiger partial charge >= 0.3 is 6.01 Å². The van der Waals surface area contributed by atoms with E-state index >= 15 is 0 Å². The van der Waals surface area contributed by atoms with Crippen LogP contribution >= 0.6 is 0 Å². The average Bonchev–Trinajstić information content (AvgIpc) is 2.63. The molecule has 0 aliphatic heterocycles. The van der Waals surface area contributed by atoms with Gasteiger partial charge in [0, 0.05) is 29.6 Å². The molecule has 0 amide bonds. The van der Waals surface area contributed by atoms with E-state index in [4.69, 9.17) is 9.47 Å².